The van der Waals surface area contributed by atoms with E-state index < -0.39 is 0 Å². The Morgan fingerprint density at radius 3 is 2.63 bits per heavy atom. The number of likely N-dealkylation sites (tertiary alicyclic amines) is 1. The van der Waals surface area contributed by atoms with Crippen LogP contribution in [-0.4, -0.2) is 58.3 Å². The minimum Gasteiger partial charge on any atom is -0.394 e. The van der Waals surface area contributed by atoms with Gasteiger partial charge in [-0.3, -0.25) is 4.90 Å². The average molecular weight is 367 g/mol. The number of nitrogens with zero attached hydrogens (tertiary/aromatic N) is 4. The van der Waals surface area contributed by atoms with Crippen molar-refractivity contribution in [1.29, 1.82) is 0 Å². The van der Waals surface area contributed by atoms with Crippen LogP contribution in [-0.2, 0) is 6.54 Å². The Labute approximate surface area is 161 Å². The Morgan fingerprint density at radius 2 is 1.85 bits per heavy atom. The zero-order valence-corrected chi connectivity index (χ0v) is 15.8. The maximum absolute atomic E-state index is 9.55. The van der Waals surface area contributed by atoms with Gasteiger partial charge in [0.05, 0.1) is 12.6 Å². The Bertz CT molecular complexity index is 718. The van der Waals surface area contributed by atoms with Crippen LogP contribution in [0.2, 0.25) is 0 Å². The fourth-order valence-corrected chi connectivity index (χ4v) is 4.20. The molecule has 4 rings (SSSR count). The van der Waals surface area contributed by atoms with Crippen molar-refractivity contribution >= 4 is 11.6 Å². The molecule has 0 bridgehead atoms. The summed E-state index contributed by atoms with van der Waals surface area (Å²) in [6.45, 7) is 4.38. The van der Waals surface area contributed by atoms with Gasteiger partial charge >= 0.3 is 0 Å². The van der Waals surface area contributed by atoms with Gasteiger partial charge in [0.15, 0.2) is 0 Å². The third-order valence-electron chi connectivity index (χ3n) is 5.72. The minimum absolute atomic E-state index is 0.187. The van der Waals surface area contributed by atoms with Crippen LogP contribution in [0, 0.1) is 0 Å². The van der Waals surface area contributed by atoms with Crippen molar-refractivity contribution in [3.8, 4) is 0 Å². The number of aliphatic hydroxyl groups is 1. The molecule has 27 heavy (non-hydrogen) atoms. The van der Waals surface area contributed by atoms with Crippen molar-refractivity contribution in [1.82, 2.24) is 14.9 Å². The highest BCUT2D eigenvalue weighted by atomic mass is 16.3. The molecule has 2 aliphatic rings. The van der Waals surface area contributed by atoms with Crippen molar-refractivity contribution in [2.24, 2.45) is 0 Å². The molecule has 1 aromatic heterocycles. The SMILES string of the molecule is OCC1CCCN1c1cc(NC2CCN(Cc3ccccc3)CC2)ncn1. The van der Waals surface area contributed by atoms with Crippen LogP contribution in [0.5, 0.6) is 0 Å². The normalized spacial score (nSPS) is 21.5. The van der Waals surface area contributed by atoms with Gasteiger partial charge < -0.3 is 15.3 Å². The van der Waals surface area contributed by atoms with Crippen molar-refractivity contribution in [2.45, 2.75) is 44.3 Å². The van der Waals surface area contributed by atoms with Gasteiger partial charge in [0, 0.05) is 38.3 Å². The average Bonchev–Trinajstić information content (AvgIpc) is 3.19. The molecule has 1 unspecified atom stereocenters. The standard InChI is InChI=1S/C21H29N5O/c27-15-19-7-4-10-26(19)21-13-20(22-16-23-21)24-18-8-11-25(12-9-18)14-17-5-2-1-3-6-17/h1-3,5-6,13,16,18-19,27H,4,7-12,14-15H2,(H,22,23,24). The number of piperidine rings is 1. The summed E-state index contributed by atoms with van der Waals surface area (Å²) in [5, 5.41) is 13.1. The van der Waals surface area contributed by atoms with E-state index in [4.69, 9.17) is 0 Å². The Kier molecular flexibility index (Phi) is 5.84. The van der Waals surface area contributed by atoms with Crippen LogP contribution in [0.25, 0.3) is 0 Å². The summed E-state index contributed by atoms with van der Waals surface area (Å²) in [5.74, 6) is 1.82. The van der Waals surface area contributed by atoms with E-state index in [1.54, 1.807) is 6.33 Å². The largest absolute Gasteiger partial charge is 0.394 e. The maximum atomic E-state index is 9.55. The second-order valence-corrected chi connectivity index (χ2v) is 7.61. The molecule has 1 atom stereocenters. The van der Waals surface area contributed by atoms with Crippen molar-refractivity contribution in [3.63, 3.8) is 0 Å². The van der Waals surface area contributed by atoms with E-state index in [9.17, 15) is 5.11 Å². The smallest absolute Gasteiger partial charge is 0.134 e. The van der Waals surface area contributed by atoms with Crippen LogP contribution < -0.4 is 10.2 Å². The molecule has 0 radical (unpaired) electrons. The zero-order valence-electron chi connectivity index (χ0n) is 15.8. The van der Waals surface area contributed by atoms with Gasteiger partial charge in [0.1, 0.15) is 18.0 Å². The Balaban J connectivity index is 1.31. The molecule has 2 saturated heterocycles. The summed E-state index contributed by atoms with van der Waals surface area (Å²) >= 11 is 0. The Hall–Kier alpha value is -2.18. The molecule has 0 aliphatic carbocycles. The van der Waals surface area contributed by atoms with E-state index in [1.807, 2.05) is 6.07 Å². The topological polar surface area (TPSA) is 64.5 Å². The predicted octanol–water partition coefficient (Wildman–Crippen LogP) is 2.51. The first kappa shape index (κ1) is 18.2. The number of rotatable bonds is 6. The Morgan fingerprint density at radius 1 is 1.04 bits per heavy atom. The molecule has 2 N–H and O–H groups in total. The molecule has 0 spiro atoms. The van der Waals surface area contributed by atoms with E-state index >= 15 is 0 Å². The van der Waals surface area contributed by atoms with Gasteiger partial charge in [0.2, 0.25) is 0 Å². The van der Waals surface area contributed by atoms with Gasteiger partial charge in [0.25, 0.3) is 0 Å². The van der Waals surface area contributed by atoms with Gasteiger partial charge in [-0.1, -0.05) is 30.3 Å². The lowest BCUT2D eigenvalue weighted by molar-refractivity contribution is 0.211. The van der Waals surface area contributed by atoms with Crippen LogP contribution >= 0.6 is 0 Å². The third kappa shape index (κ3) is 4.57. The first-order valence-electron chi connectivity index (χ1n) is 10.0. The van der Waals surface area contributed by atoms with Crippen molar-refractivity contribution in [3.05, 3.63) is 48.3 Å². The van der Waals surface area contributed by atoms with Gasteiger partial charge in [-0.15, -0.1) is 0 Å². The summed E-state index contributed by atoms with van der Waals surface area (Å²) in [7, 11) is 0. The summed E-state index contributed by atoms with van der Waals surface area (Å²) in [5.41, 5.74) is 1.38. The van der Waals surface area contributed by atoms with Crippen LogP contribution in [0.3, 0.4) is 0 Å². The fraction of sp³-hybridized carbons (Fsp3) is 0.524. The molecule has 2 aromatic rings. The number of benzene rings is 1. The zero-order chi connectivity index (χ0) is 18.5. The van der Waals surface area contributed by atoms with Gasteiger partial charge in [-0.05, 0) is 31.2 Å². The van der Waals surface area contributed by atoms with Crippen molar-refractivity contribution in [2.75, 3.05) is 36.5 Å². The molecule has 2 fully saturated rings. The molecule has 0 saturated carbocycles. The first-order valence-corrected chi connectivity index (χ1v) is 10.0. The van der Waals surface area contributed by atoms with Crippen molar-refractivity contribution < 1.29 is 5.11 Å². The first-order chi connectivity index (χ1) is 13.3. The summed E-state index contributed by atoms with van der Waals surface area (Å²) in [4.78, 5) is 13.6. The number of hydrogen-bond donors (Lipinski definition) is 2. The monoisotopic (exact) mass is 367 g/mol. The van der Waals surface area contributed by atoms with Crippen LogP contribution in [0.4, 0.5) is 11.6 Å². The number of aromatic nitrogens is 2. The second-order valence-electron chi connectivity index (χ2n) is 7.61. The van der Waals surface area contributed by atoms with Crippen LogP contribution in [0.1, 0.15) is 31.2 Å². The minimum atomic E-state index is 0.187. The third-order valence-corrected chi connectivity index (χ3v) is 5.72. The number of nitrogens with one attached hydrogen (secondary N) is 1. The summed E-state index contributed by atoms with van der Waals surface area (Å²) in [6.07, 6.45) is 6.01. The molecule has 6 heteroatoms. The fourth-order valence-electron chi connectivity index (χ4n) is 4.20. The highest BCUT2D eigenvalue weighted by Gasteiger charge is 2.25. The lowest BCUT2D eigenvalue weighted by Gasteiger charge is -2.32. The summed E-state index contributed by atoms with van der Waals surface area (Å²) in [6, 6.07) is 13.4. The van der Waals surface area contributed by atoms with E-state index in [0.29, 0.717) is 6.04 Å². The summed E-state index contributed by atoms with van der Waals surface area (Å²) < 4.78 is 0. The molecule has 2 aliphatic heterocycles. The number of aliphatic hydroxyl groups excluding tert-OH is 1. The molecule has 0 amide bonds. The van der Waals surface area contributed by atoms with Gasteiger partial charge in [-0.2, -0.15) is 0 Å². The maximum Gasteiger partial charge on any atom is 0.134 e. The molecule has 3 heterocycles. The molecular formula is C21H29N5O. The molecule has 1 aromatic carbocycles. The van der Waals surface area contributed by atoms with Crippen LogP contribution in [0.15, 0.2) is 42.7 Å². The van der Waals surface area contributed by atoms with E-state index in [2.05, 4.69) is 55.4 Å². The highest BCUT2D eigenvalue weighted by molar-refractivity contribution is 5.50. The molecular weight excluding hydrogens is 338 g/mol. The predicted molar refractivity (Wildman–Crippen MR) is 108 cm³/mol. The highest BCUT2D eigenvalue weighted by Crippen LogP contribution is 2.25. The van der Waals surface area contributed by atoms with E-state index in [-0.39, 0.29) is 12.6 Å². The van der Waals surface area contributed by atoms with E-state index in [0.717, 1.165) is 63.5 Å². The molecule has 144 valence electrons. The molecule has 6 nitrogen and oxygen atoms in total. The lowest BCUT2D eigenvalue weighted by atomic mass is 10.0. The van der Waals surface area contributed by atoms with Gasteiger partial charge in [-0.25, -0.2) is 9.97 Å². The number of hydrogen-bond acceptors (Lipinski definition) is 6. The second kappa shape index (κ2) is 8.67. The quantitative estimate of drug-likeness (QED) is 0.818. The lowest BCUT2D eigenvalue weighted by Crippen LogP contribution is -2.39. The number of anilines is 2. The van der Waals surface area contributed by atoms with E-state index in [1.165, 1.54) is 5.56 Å².